The molecule has 3 heterocycles. The Morgan fingerprint density at radius 1 is 1.18 bits per heavy atom. The van der Waals surface area contributed by atoms with Crippen molar-refractivity contribution in [1.82, 2.24) is 30.4 Å². The van der Waals surface area contributed by atoms with Crippen LogP contribution in [0.3, 0.4) is 0 Å². The second-order valence-electron chi connectivity index (χ2n) is 9.74. The molecular formula is C23H24N8O11S2. The highest BCUT2D eigenvalue weighted by Gasteiger charge is 2.51. The Kier molecular flexibility index (Phi) is 8.22. The van der Waals surface area contributed by atoms with E-state index in [4.69, 9.17) is 15.1 Å². The van der Waals surface area contributed by atoms with Gasteiger partial charge in [-0.15, -0.1) is 11.3 Å². The largest absolute Gasteiger partial charge is 0.504 e. The number of aromatic amines is 1. The lowest BCUT2D eigenvalue weighted by Crippen LogP contribution is -2.71. The Morgan fingerprint density at radius 3 is 2.43 bits per heavy atom. The van der Waals surface area contributed by atoms with E-state index in [9.17, 15) is 42.6 Å². The molecule has 2 atom stereocenters. The van der Waals surface area contributed by atoms with E-state index in [0.29, 0.717) is 0 Å². The van der Waals surface area contributed by atoms with Gasteiger partial charge in [0, 0.05) is 17.6 Å². The summed E-state index contributed by atoms with van der Waals surface area (Å²) in [4.78, 5) is 75.2. The number of H-pyrrole nitrogens is 1. The number of nitrogens with one attached hydrogen (secondary N) is 4. The predicted octanol–water partition coefficient (Wildman–Crippen LogP) is -1.54. The SMILES string of the molecule is CC1C(NC(=O)C(=NOC(C)(C)C(=O)NNC(=O)c2c[nH]c3cc(O)c(O)cc3c2=O)c2csc(N)n2)C(=O)N1S(=O)(=O)O. The summed E-state index contributed by atoms with van der Waals surface area (Å²) >= 11 is 0.927. The van der Waals surface area contributed by atoms with Gasteiger partial charge in [-0.1, -0.05) is 5.16 Å². The minimum atomic E-state index is -4.85. The van der Waals surface area contributed by atoms with Crippen LogP contribution in [-0.4, -0.2) is 84.5 Å². The Morgan fingerprint density at radius 2 is 1.84 bits per heavy atom. The number of aromatic hydroxyl groups is 2. The van der Waals surface area contributed by atoms with Crippen LogP contribution >= 0.6 is 11.3 Å². The summed E-state index contributed by atoms with van der Waals surface area (Å²) in [5.41, 5.74) is 6.03. The number of β-lactam (4-membered cyclic amide) rings is 1. The zero-order chi connectivity index (χ0) is 32.7. The highest BCUT2D eigenvalue weighted by molar-refractivity contribution is 7.84. The number of hydrogen-bond acceptors (Lipinski definition) is 14. The number of phenolic OH excluding ortho intramolecular Hbond substituents is 2. The molecule has 0 aliphatic carbocycles. The average molecular weight is 653 g/mol. The molecule has 19 nitrogen and oxygen atoms in total. The molecule has 1 aliphatic rings. The summed E-state index contributed by atoms with van der Waals surface area (Å²) in [6.07, 6.45) is 1.03. The number of hydrogen-bond donors (Lipinski definition) is 8. The van der Waals surface area contributed by atoms with Crippen LogP contribution in [0.5, 0.6) is 11.5 Å². The Balaban J connectivity index is 1.47. The Labute approximate surface area is 250 Å². The molecule has 1 saturated heterocycles. The summed E-state index contributed by atoms with van der Waals surface area (Å²) in [6, 6.07) is -0.444. The molecule has 0 radical (unpaired) electrons. The van der Waals surface area contributed by atoms with E-state index >= 15 is 0 Å². The lowest BCUT2D eigenvalue weighted by Gasteiger charge is -2.42. The highest BCUT2D eigenvalue weighted by atomic mass is 32.2. The molecule has 4 amide bonds. The van der Waals surface area contributed by atoms with Gasteiger partial charge in [-0.25, -0.2) is 9.29 Å². The molecule has 2 unspecified atom stereocenters. The summed E-state index contributed by atoms with van der Waals surface area (Å²) in [7, 11) is -4.85. The van der Waals surface area contributed by atoms with Gasteiger partial charge in [0.25, 0.3) is 23.6 Å². The number of carbonyl (C=O) groups is 4. The van der Waals surface area contributed by atoms with Crippen molar-refractivity contribution in [3.63, 3.8) is 0 Å². The van der Waals surface area contributed by atoms with Crippen LogP contribution in [0.25, 0.3) is 10.9 Å². The summed E-state index contributed by atoms with van der Waals surface area (Å²) in [5, 5.41) is 26.5. The maximum absolute atomic E-state index is 13.0. The molecule has 0 bridgehead atoms. The van der Waals surface area contributed by atoms with Crippen LogP contribution in [0.1, 0.15) is 36.8 Å². The fourth-order valence-corrected chi connectivity index (χ4v) is 5.29. The lowest BCUT2D eigenvalue weighted by molar-refractivity contribution is -0.144. The molecule has 1 aromatic carbocycles. The van der Waals surface area contributed by atoms with Crippen molar-refractivity contribution in [2.75, 3.05) is 5.73 Å². The standard InChI is InChI=1S/C23H24N8O11S2/c1-8-15(20(37)31(8)44(39,40)41)27-19(36)16(12-7-43-22(24)26-12)30-42-23(2,3)21(38)29-28-18(35)10-6-25-11-5-14(33)13(32)4-9(11)17(10)34/h4-8,15,32-33H,1-3H3,(H2,24,26)(H,25,34)(H,27,36)(H,28,35)(H,29,38)(H,39,40,41). The summed E-state index contributed by atoms with van der Waals surface area (Å²) < 4.78 is 32.0. The number of fused-ring (bicyclic) bond motifs is 1. The third kappa shape index (κ3) is 6.09. The Bertz CT molecular complexity index is 1900. The number of pyridine rings is 1. The van der Waals surface area contributed by atoms with E-state index in [1.807, 2.05) is 5.43 Å². The molecule has 4 rings (SSSR count). The smallest absolute Gasteiger partial charge is 0.362 e. The van der Waals surface area contributed by atoms with E-state index in [1.165, 1.54) is 26.2 Å². The van der Waals surface area contributed by atoms with Crippen LogP contribution in [0, 0.1) is 0 Å². The van der Waals surface area contributed by atoms with E-state index in [2.05, 4.69) is 25.9 Å². The zero-order valence-electron chi connectivity index (χ0n) is 22.8. The van der Waals surface area contributed by atoms with Crippen molar-refractivity contribution in [2.24, 2.45) is 5.16 Å². The van der Waals surface area contributed by atoms with Gasteiger partial charge in [0.1, 0.15) is 17.3 Å². The topological polar surface area (TPSA) is 296 Å². The third-order valence-corrected chi connectivity index (χ3v) is 7.96. The minimum Gasteiger partial charge on any atom is -0.504 e. The zero-order valence-corrected chi connectivity index (χ0v) is 24.4. The van der Waals surface area contributed by atoms with Gasteiger partial charge in [0.15, 0.2) is 22.3 Å². The number of amides is 4. The van der Waals surface area contributed by atoms with Gasteiger partial charge in [-0.2, -0.15) is 8.42 Å². The quantitative estimate of drug-likeness (QED) is 0.0450. The number of phenols is 2. The van der Waals surface area contributed by atoms with Gasteiger partial charge in [0.2, 0.25) is 11.0 Å². The van der Waals surface area contributed by atoms with Crippen molar-refractivity contribution in [2.45, 2.75) is 38.5 Å². The number of benzene rings is 1. The normalized spacial score (nSPS) is 17.1. The number of thiazole rings is 1. The van der Waals surface area contributed by atoms with Crippen LogP contribution < -0.4 is 27.3 Å². The second kappa shape index (κ2) is 11.4. The van der Waals surface area contributed by atoms with Crippen LogP contribution in [0.4, 0.5) is 5.13 Å². The maximum Gasteiger partial charge on any atom is 0.362 e. The molecule has 1 aliphatic heterocycles. The maximum atomic E-state index is 13.0. The van der Waals surface area contributed by atoms with Crippen molar-refractivity contribution in [1.29, 1.82) is 0 Å². The fraction of sp³-hybridized carbons (Fsp3) is 0.261. The number of aromatic nitrogens is 2. The third-order valence-electron chi connectivity index (χ3n) is 6.27. The minimum absolute atomic E-state index is 0.0292. The number of nitrogen functional groups attached to an aromatic ring is 1. The first-order chi connectivity index (χ1) is 20.4. The van der Waals surface area contributed by atoms with E-state index < -0.39 is 79.8 Å². The summed E-state index contributed by atoms with van der Waals surface area (Å²) in [5.74, 6) is -5.30. The monoisotopic (exact) mass is 652 g/mol. The number of oxime groups is 1. The number of nitrogens with zero attached hydrogens (tertiary/aromatic N) is 3. The molecular weight excluding hydrogens is 628 g/mol. The fourth-order valence-electron chi connectivity index (χ4n) is 3.86. The molecule has 0 spiro atoms. The van der Waals surface area contributed by atoms with Crippen molar-refractivity contribution >= 4 is 67.0 Å². The lowest BCUT2D eigenvalue weighted by atomic mass is 10.0. The molecule has 0 saturated carbocycles. The van der Waals surface area contributed by atoms with E-state index in [-0.39, 0.29) is 26.0 Å². The molecule has 1 fully saturated rings. The molecule has 3 aromatic rings. The van der Waals surface area contributed by atoms with Gasteiger partial charge in [-0.05, 0) is 26.8 Å². The van der Waals surface area contributed by atoms with Gasteiger partial charge < -0.3 is 31.1 Å². The Hall–Kier alpha value is -5.28. The van der Waals surface area contributed by atoms with E-state index in [0.717, 1.165) is 29.7 Å². The second-order valence-corrected chi connectivity index (χ2v) is 11.9. The number of hydrazine groups is 1. The number of nitrogens with two attached hydrogens (primary N) is 1. The highest BCUT2D eigenvalue weighted by Crippen LogP contribution is 2.28. The average Bonchev–Trinajstić information content (AvgIpc) is 3.36. The predicted molar refractivity (Wildman–Crippen MR) is 152 cm³/mol. The van der Waals surface area contributed by atoms with Crippen molar-refractivity contribution in [3.8, 4) is 11.5 Å². The first-order valence-electron chi connectivity index (χ1n) is 12.2. The molecule has 2 aromatic heterocycles. The van der Waals surface area contributed by atoms with Crippen LogP contribution in [-0.2, 0) is 29.5 Å². The first-order valence-corrected chi connectivity index (χ1v) is 14.5. The number of rotatable bonds is 8. The van der Waals surface area contributed by atoms with E-state index in [1.54, 1.807) is 0 Å². The number of anilines is 1. The van der Waals surface area contributed by atoms with Crippen LogP contribution in [0.2, 0.25) is 0 Å². The van der Waals surface area contributed by atoms with Crippen LogP contribution in [0.15, 0.2) is 33.7 Å². The molecule has 234 valence electrons. The molecule has 44 heavy (non-hydrogen) atoms. The summed E-state index contributed by atoms with van der Waals surface area (Å²) in [6.45, 7) is 3.68. The van der Waals surface area contributed by atoms with Crippen molar-refractivity contribution < 1.29 is 47.2 Å². The van der Waals surface area contributed by atoms with Gasteiger partial charge in [0.05, 0.1) is 16.9 Å². The number of carbonyl (C=O) groups excluding carboxylic acids is 4. The first kappa shape index (κ1) is 31.7. The molecule has 21 heteroatoms. The molecule has 9 N–H and O–H groups in total. The van der Waals surface area contributed by atoms with Crippen molar-refractivity contribution in [3.05, 3.63) is 45.2 Å². The van der Waals surface area contributed by atoms with Gasteiger partial charge >= 0.3 is 10.3 Å². The van der Waals surface area contributed by atoms with Gasteiger partial charge in [-0.3, -0.25) is 39.4 Å².